The molecule has 1 aromatic carbocycles. The molecule has 0 spiro atoms. The van der Waals surface area contributed by atoms with Gasteiger partial charge in [-0.05, 0) is 56.5 Å². The Morgan fingerprint density at radius 2 is 1.93 bits per heavy atom. The summed E-state index contributed by atoms with van der Waals surface area (Å²) in [5, 5.41) is 7.68. The van der Waals surface area contributed by atoms with Crippen molar-refractivity contribution < 1.29 is 4.39 Å². The minimum absolute atomic E-state index is 0. The van der Waals surface area contributed by atoms with Gasteiger partial charge in [-0.3, -0.25) is 9.89 Å². The lowest BCUT2D eigenvalue weighted by atomic mass is 9.96. The highest BCUT2D eigenvalue weighted by molar-refractivity contribution is 14.0. The molecule has 0 bridgehead atoms. The zero-order valence-electron chi connectivity index (χ0n) is 16.1. The SMILES string of the molecule is CN=C(NCC1CCN(Cc2ccccc2F)CC1)NCC1CCCS1.I. The molecule has 152 valence electrons. The summed E-state index contributed by atoms with van der Waals surface area (Å²) < 4.78 is 13.8. The second-order valence-electron chi connectivity index (χ2n) is 7.28. The second-order valence-corrected chi connectivity index (χ2v) is 8.69. The summed E-state index contributed by atoms with van der Waals surface area (Å²) in [6.07, 6.45) is 4.96. The Morgan fingerprint density at radius 1 is 1.19 bits per heavy atom. The lowest BCUT2D eigenvalue weighted by Gasteiger charge is -2.32. The van der Waals surface area contributed by atoms with Crippen molar-refractivity contribution in [2.24, 2.45) is 10.9 Å². The quantitative estimate of drug-likeness (QED) is 0.351. The van der Waals surface area contributed by atoms with Gasteiger partial charge < -0.3 is 10.6 Å². The molecule has 2 saturated heterocycles. The summed E-state index contributed by atoms with van der Waals surface area (Å²) in [5.41, 5.74) is 0.804. The predicted molar refractivity (Wildman–Crippen MR) is 125 cm³/mol. The van der Waals surface area contributed by atoms with Gasteiger partial charge in [0.1, 0.15) is 5.82 Å². The van der Waals surface area contributed by atoms with Gasteiger partial charge in [-0.15, -0.1) is 24.0 Å². The summed E-state index contributed by atoms with van der Waals surface area (Å²) in [6.45, 7) is 4.75. The maximum Gasteiger partial charge on any atom is 0.191 e. The van der Waals surface area contributed by atoms with E-state index in [-0.39, 0.29) is 29.8 Å². The molecular weight excluding hydrogens is 474 g/mol. The number of hydrogen-bond acceptors (Lipinski definition) is 3. The van der Waals surface area contributed by atoms with Crippen LogP contribution >= 0.6 is 35.7 Å². The monoisotopic (exact) mass is 506 g/mol. The van der Waals surface area contributed by atoms with Crippen molar-refractivity contribution >= 4 is 41.7 Å². The highest BCUT2D eigenvalue weighted by Crippen LogP contribution is 2.25. The van der Waals surface area contributed by atoms with Crippen LogP contribution in [0.15, 0.2) is 29.3 Å². The van der Waals surface area contributed by atoms with E-state index in [0.717, 1.165) is 62.3 Å². The molecule has 27 heavy (non-hydrogen) atoms. The van der Waals surface area contributed by atoms with Crippen LogP contribution in [0.4, 0.5) is 4.39 Å². The lowest BCUT2D eigenvalue weighted by molar-refractivity contribution is 0.176. The van der Waals surface area contributed by atoms with Crippen LogP contribution < -0.4 is 10.6 Å². The minimum atomic E-state index is -0.0911. The average molecular weight is 506 g/mol. The standard InChI is InChI=1S/C20H31FN4S.HI/c1-22-20(24-14-18-6-4-12-26-18)23-13-16-8-10-25(11-9-16)15-17-5-2-3-7-19(17)21;/h2-3,5,7,16,18H,4,6,8-15H2,1H3,(H2,22,23,24);1H. The number of piperidine rings is 1. The Morgan fingerprint density at radius 3 is 2.59 bits per heavy atom. The lowest BCUT2D eigenvalue weighted by Crippen LogP contribution is -2.44. The molecule has 1 atom stereocenters. The molecule has 0 saturated carbocycles. The van der Waals surface area contributed by atoms with E-state index in [1.807, 2.05) is 19.2 Å². The van der Waals surface area contributed by atoms with E-state index < -0.39 is 0 Å². The van der Waals surface area contributed by atoms with Gasteiger partial charge >= 0.3 is 0 Å². The van der Waals surface area contributed by atoms with Crippen molar-refractivity contribution in [2.45, 2.75) is 37.5 Å². The van der Waals surface area contributed by atoms with Crippen LogP contribution in [0.2, 0.25) is 0 Å². The fraction of sp³-hybridized carbons (Fsp3) is 0.650. The fourth-order valence-corrected chi connectivity index (χ4v) is 4.89. The number of halogens is 2. The number of benzene rings is 1. The molecule has 0 aliphatic carbocycles. The van der Waals surface area contributed by atoms with E-state index in [1.165, 1.54) is 18.6 Å². The van der Waals surface area contributed by atoms with Crippen molar-refractivity contribution in [3.63, 3.8) is 0 Å². The molecule has 0 radical (unpaired) electrons. The third kappa shape index (κ3) is 7.42. The van der Waals surface area contributed by atoms with Gasteiger partial charge in [0.05, 0.1) is 0 Å². The first kappa shape index (κ1) is 22.7. The summed E-state index contributed by atoms with van der Waals surface area (Å²) in [7, 11) is 1.84. The minimum Gasteiger partial charge on any atom is -0.356 e. The van der Waals surface area contributed by atoms with E-state index >= 15 is 0 Å². The van der Waals surface area contributed by atoms with Crippen molar-refractivity contribution in [2.75, 3.05) is 39.0 Å². The number of nitrogens with zero attached hydrogens (tertiary/aromatic N) is 2. The topological polar surface area (TPSA) is 39.7 Å². The van der Waals surface area contributed by atoms with Gasteiger partial charge in [0.2, 0.25) is 0 Å². The Labute approximate surface area is 184 Å². The molecule has 7 heteroatoms. The number of hydrogen-bond donors (Lipinski definition) is 2. The maximum absolute atomic E-state index is 13.8. The first-order chi connectivity index (χ1) is 12.7. The average Bonchev–Trinajstić information content (AvgIpc) is 3.18. The predicted octanol–water partition coefficient (Wildman–Crippen LogP) is 3.72. The fourth-order valence-electron chi connectivity index (χ4n) is 3.69. The smallest absolute Gasteiger partial charge is 0.191 e. The highest BCUT2D eigenvalue weighted by Gasteiger charge is 2.20. The van der Waals surface area contributed by atoms with E-state index in [2.05, 4.69) is 32.3 Å². The Balaban J connectivity index is 0.00000261. The Hall–Kier alpha value is -0.540. The van der Waals surface area contributed by atoms with Crippen molar-refractivity contribution in [3.8, 4) is 0 Å². The first-order valence-corrected chi connectivity index (χ1v) is 10.8. The van der Waals surface area contributed by atoms with Crippen LogP contribution in [0.1, 0.15) is 31.2 Å². The molecule has 2 aliphatic heterocycles. The number of likely N-dealkylation sites (tertiary alicyclic amines) is 1. The van der Waals surface area contributed by atoms with Gasteiger partial charge in [0, 0.05) is 37.5 Å². The molecule has 4 nitrogen and oxygen atoms in total. The molecule has 2 aliphatic rings. The van der Waals surface area contributed by atoms with Crippen molar-refractivity contribution in [3.05, 3.63) is 35.6 Å². The number of guanidine groups is 1. The van der Waals surface area contributed by atoms with Crippen LogP contribution in [0, 0.1) is 11.7 Å². The number of aliphatic imine (C=N–C) groups is 1. The largest absolute Gasteiger partial charge is 0.356 e. The van der Waals surface area contributed by atoms with E-state index in [1.54, 1.807) is 12.1 Å². The van der Waals surface area contributed by atoms with Crippen LogP contribution in [-0.4, -0.2) is 55.1 Å². The summed E-state index contributed by atoms with van der Waals surface area (Å²) in [4.78, 5) is 6.71. The molecule has 3 rings (SSSR count). The van der Waals surface area contributed by atoms with Crippen molar-refractivity contribution in [1.29, 1.82) is 0 Å². The number of thioether (sulfide) groups is 1. The molecular formula is C20H32FIN4S. The van der Waals surface area contributed by atoms with Gasteiger partial charge in [0.15, 0.2) is 5.96 Å². The highest BCUT2D eigenvalue weighted by atomic mass is 127. The Kier molecular flexibility index (Phi) is 10.2. The molecule has 1 aromatic rings. The summed E-state index contributed by atoms with van der Waals surface area (Å²) >= 11 is 2.07. The van der Waals surface area contributed by atoms with Gasteiger partial charge in [-0.25, -0.2) is 4.39 Å². The number of rotatable bonds is 6. The molecule has 2 heterocycles. The van der Waals surface area contributed by atoms with Gasteiger partial charge in [-0.1, -0.05) is 18.2 Å². The third-order valence-electron chi connectivity index (χ3n) is 5.36. The number of nitrogens with one attached hydrogen (secondary N) is 2. The van der Waals surface area contributed by atoms with Crippen LogP contribution in [0.5, 0.6) is 0 Å². The zero-order valence-corrected chi connectivity index (χ0v) is 19.3. The molecule has 2 fully saturated rings. The summed E-state index contributed by atoms with van der Waals surface area (Å²) in [5.74, 6) is 2.79. The Bertz CT molecular complexity index is 587. The third-order valence-corrected chi connectivity index (χ3v) is 6.76. The van der Waals surface area contributed by atoms with Gasteiger partial charge in [-0.2, -0.15) is 11.8 Å². The summed E-state index contributed by atoms with van der Waals surface area (Å²) in [6, 6.07) is 7.11. The van der Waals surface area contributed by atoms with Crippen LogP contribution in [-0.2, 0) is 6.54 Å². The van der Waals surface area contributed by atoms with Gasteiger partial charge in [0.25, 0.3) is 0 Å². The first-order valence-electron chi connectivity index (χ1n) is 9.76. The maximum atomic E-state index is 13.8. The van der Waals surface area contributed by atoms with E-state index in [9.17, 15) is 4.39 Å². The normalized spacial score (nSPS) is 21.7. The molecule has 1 unspecified atom stereocenters. The van der Waals surface area contributed by atoms with E-state index in [4.69, 9.17) is 0 Å². The van der Waals surface area contributed by atoms with Crippen LogP contribution in [0.25, 0.3) is 0 Å². The molecule has 0 amide bonds. The second kappa shape index (κ2) is 12.1. The van der Waals surface area contributed by atoms with Crippen LogP contribution in [0.3, 0.4) is 0 Å². The molecule has 2 N–H and O–H groups in total. The molecule has 0 aromatic heterocycles. The van der Waals surface area contributed by atoms with E-state index in [0.29, 0.717) is 5.92 Å². The zero-order chi connectivity index (χ0) is 18.2. The van der Waals surface area contributed by atoms with Crippen molar-refractivity contribution in [1.82, 2.24) is 15.5 Å².